The first-order valence-electron chi connectivity index (χ1n) is 5.23. The van der Waals surface area contributed by atoms with Gasteiger partial charge < -0.3 is 4.74 Å². The maximum Gasteiger partial charge on any atom is 0.132 e. The van der Waals surface area contributed by atoms with Crippen molar-refractivity contribution < 1.29 is 4.74 Å². The maximum atomic E-state index is 5.76. The molecule has 0 aliphatic carbocycles. The minimum Gasteiger partial charge on any atom is -0.489 e. The van der Waals surface area contributed by atoms with Crippen LogP contribution in [-0.4, -0.2) is 4.98 Å². The monoisotopic (exact) mass is 245 g/mol. The number of aromatic nitrogens is 1. The second-order valence-electron chi connectivity index (χ2n) is 3.55. The number of hydrogen-bond acceptors (Lipinski definition) is 2. The molecule has 1 heterocycles. The maximum absolute atomic E-state index is 5.76. The van der Waals surface area contributed by atoms with Crippen molar-refractivity contribution in [2.75, 3.05) is 0 Å². The van der Waals surface area contributed by atoms with E-state index in [4.69, 9.17) is 16.3 Å². The summed E-state index contributed by atoms with van der Waals surface area (Å²) in [5, 5.41) is 0.435. The molecular formula is C14H12ClNO. The highest BCUT2D eigenvalue weighted by atomic mass is 35.5. The molecule has 0 spiro atoms. The molecule has 0 saturated carbocycles. The fourth-order valence-electron chi connectivity index (χ4n) is 1.39. The summed E-state index contributed by atoms with van der Waals surface area (Å²) >= 11 is 5.76. The van der Waals surface area contributed by atoms with Crippen molar-refractivity contribution in [3.63, 3.8) is 0 Å². The van der Waals surface area contributed by atoms with Crippen LogP contribution in [0.15, 0.2) is 49.2 Å². The lowest BCUT2D eigenvalue weighted by Gasteiger charge is -2.06. The van der Waals surface area contributed by atoms with Gasteiger partial charge in [0.2, 0.25) is 0 Å². The predicted octanol–water partition coefficient (Wildman–Crippen LogP) is 3.96. The van der Waals surface area contributed by atoms with Gasteiger partial charge in [-0.05, 0) is 17.2 Å². The molecule has 0 atom stereocenters. The first-order valence-corrected chi connectivity index (χ1v) is 5.61. The smallest absolute Gasteiger partial charge is 0.132 e. The molecule has 0 fully saturated rings. The van der Waals surface area contributed by atoms with Crippen molar-refractivity contribution >= 4 is 17.7 Å². The van der Waals surface area contributed by atoms with Crippen molar-refractivity contribution in [3.05, 3.63) is 65.5 Å². The summed E-state index contributed by atoms with van der Waals surface area (Å²) in [6, 6.07) is 11.5. The van der Waals surface area contributed by atoms with Crippen LogP contribution in [0, 0.1) is 0 Å². The molecule has 3 heteroatoms. The van der Waals surface area contributed by atoms with Crippen LogP contribution in [0.25, 0.3) is 6.08 Å². The molecular weight excluding hydrogens is 234 g/mol. The number of nitrogens with zero attached hydrogens (tertiary/aromatic N) is 1. The average molecular weight is 246 g/mol. The van der Waals surface area contributed by atoms with E-state index in [0.29, 0.717) is 11.8 Å². The van der Waals surface area contributed by atoms with Crippen molar-refractivity contribution in [3.8, 4) is 5.75 Å². The summed E-state index contributed by atoms with van der Waals surface area (Å²) in [6.45, 7) is 4.22. The van der Waals surface area contributed by atoms with E-state index in [-0.39, 0.29) is 0 Å². The second-order valence-corrected chi connectivity index (χ2v) is 3.94. The first-order chi connectivity index (χ1) is 8.28. The molecule has 2 aromatic rings. The molecule has 0 aliphatic heterocycles. The SMILES string of the molecule is C=Cc1ccc(COc2ccnc(Cl)c2)cc1. The molecule has 2 rings (SSSR count). The Hall–Kier alpha value is -1.80. The van der Waals surface area contributed by atoms with Gasteiger partial charge in [-0.25, -0.2) is 4.98 Å². The molecule has 17 heavy (non-hydrogen) atoms. The topological polar surface area (TPSA) is 22.1 Å². The molecule has 0 aliphatic rings. The fraction of sp³-hybridized carbons (Fsp3) is 0.0714. The predicted molar refractivity (Wildman–Crippen MR) is 70.1 cm³/mol. The number of pyridine rings is 1. The highest BCUT2D eigenvalue weighted by Crippen LogP contribution is 2.16. The summed E-state index contributed by atoms with van der Waals surface area (Å²) < 4.78 is 5.60. The standard InChI is InChI=1S/C14H12ClNO/c1-2-11-3-5-12(6-4-11)10-17-13-7-8-16-14(15)9-13/h2-9H,1,10H2. The van der Waals surface area contributed by atoms with Gasteiger partial charge in [0.1, 0.15) is 17.5 Å². The third kappa shape index (κ3) is 3.33. The van der Waals surface area contributed by atoms with Crippen LogP contribution in [0.4, 0.5) is 0 Å². The van der Waals surface area contributed by atoms with Crippen molar-refractivity contribution in [1.29, 1.82) is 0 Å². The van der Waals surface area contributed by atoms with Gasteiger partial charge in [-0.1, -0.05) is 48.5 Å². The Morgan fingerprint density at radius 2 is 2.00 bits per heavy atom. The number of halogens is 1. The summed E-state index contributed by atoms with van der Waals surface area (Å²) in [6.07, 6.45) is 3.44. The zero-order valence-electron chi connectivity index (χ0n) is 9.27. The number of ether oxygens (including phenoxy) is 1. The van der Waals surface area contributed by atoms with Crippen LogP contribution in [0.3, 0.4) is 0 Å². The van der Waals surface area contributed by atoms with E-state index in [9.17, 15) is 0 Å². The Bertz CT molecular complexity index is 508. The van der Waals surface area contributed by atoms with Gasteiger partial charge in [-0.3, -0.25) is 0 Å². The van der Waals surface area contributed by atoms with Crippen LogP contribution < -0.4 is 4.74 Å². The Morgan fingerprint density at radius 1 is 1.24 bits per heavy atom. The minimum atomic E-state index is 0.435. The first kappa shape index (κ1) is 11.7. The normalized spacial score (nSPS) is 9.94. The van der Waals surface area contributed by atoms with Gasteiger partial charge in [0.05, 0.1) is 0 Å². The number of benzene rings is 1. The Morgan fingerprint density at radius 3 is 2.65 bits per heavy atom. The summed E-state index contributed by atoms with van der Waals surface area (Å²) in [5.41, 5.74) is 2.20. The molecule has 2 nitrogen and oxygen atoms in total. The summed E-state index contributed by atoms with van der Waals surface area (Å²) in [4.78, 5) is 3.89. The lowest BCUT2D eigenvalue weighted by molar-refractivity contribution is 0.306. The van der Waals surface area contributed by atoms with Gasteiger partial charge in [-0.2, -0.15) is 0 Å². The molecule has 0 unspecified atom stereocenters. The van der Waals surface area contributed by atoms with E-state index >= 15 is 0 Å². The molecule has 0 saturated heterocycles. The molecule has 0 N–H and O–H groups in total. The van der Waals surface area contributed by atoms with E-state index in [2.05, 4.69) is 11.6 Å². The Labute approximate surface area is 106 Å². The van der Waals surface area contributed by atoms with Gasteiger partial charge >= 0.3 is 0 Å². The van der Waals surface area contributed by atoms with Crippen LogP contribution in [0.5, 0.6) is 5.75 Å². The average Bonchev–Trinajstić information content (AvgIpc) is 2.37. The summed E-state index contributed by atoms with van der Waals surface area (Å²) in [5.74, 6) is 0.720. The highest BCUT2D eigenvalue weighted by molar-refractivity contribution is 6.29. The summed E-state index contributed by atoms with van der Waals surface area (Å²) in [7, 11) is 0. The third-order valence-corrected chi connectivity index (χ3v) is 2.53. The van der Waals surface area contributed by atoms with Crippen molar-refractivity contribution in [1.82, 2.24) is 4.98 Å². The van der Waals surface area contributed by atoms with Crippen LogP contribution in [-0.2, 0) is 6.61 Å². The Kier molecular flexibility index (Phi) is 3.78. The van der Waals surface area contributed by atoms with Crippen LogP contribution in [0.2, 0.25) is 5.15 Å². The molecule has 1 aromatic carbocycles. The molecule has 0 radical (unpaired) electrons. The second kappa shape index (κ2) is 5.51. The van der Waals surface area contributed by atoms with Crippen molar-refractivity contribution in [2.45, 2.75) is 6.61 Å². The molecule has 86 valence electrons. The molecule has 1 aromatic heterocycles. The van der Waals surface area contributed by atoms with Gasteiger partial charge in [0.25, 0.3) is 0 Å². The Balaban J connectivity index is 1.99. The van der Waals surface area contributed by atoms with E-state index in [1.165, 1.54) is 0 Å². The minimum absolute atomic E-state index is 0.435. The zero-order chi connectivity index (χ0) is 12.1. The van der Waals surface area contributed by atoms with Gasteiger partial charge in [-0.15, -0.1) is 0 Å². The molecule has 0 amide bonds. The zero-order valence-corrected chi connectivity index (χ0v) is 10.0. The van der Waals surface area contributed by atoms with Gasteiger partial charge in [0.15, 0.2) is 0 Å². The van der Waals surface area contributed by atoms with E-state index in [0.717, 1.165) is 16.9 Å². The van der Waals surface area contributed by atoms with Crippen LogP contribution >= 0.6 is 11.6 Å². The van der Waals surface area contributed by atoms with Gasteiger partial charge in [0, 0.05) is 12.3 Å². The molecule has 0 bridgehead atoms. The number of rotatable bonds is 4. The number of hydrogen-bond donors (Lipinski definition) is 0. The largest absolute Gasteiger partial charge is 0.489 e. The quantitative estimate of drug-likeness (QED) is 0.761. The highest BCUT2D eigenvalue weighted by Gasteiger charge is 1.97. The fourth-order valence-corrected chi connectivity index (χ4v) is 1.55. The van der Waals surface area contributed by atoms with Crippen LogP contribution in [0.1, 0.15) is 11.1 Å². The van der Waals surface area contributed by atoms with E-state index in [1.54, 1.807) is 18.3 Å². The van der Waals surface area contributed by atoms with E-state index < -0.39 is 0 Å². The lowest BCUT2D eigenvalue weighted by atomic mass is 10.1. The lowest BCUT2D eigenvalue weighted by Crippen LogP contribution is -1.95. The van der Waals surface area contributed by atoms with Crippen molar-refractivity contribution in [2.24, 2.45) is 0 Å². The third-order valence-electron chi connectivity index (χ3n) is 2.32. The van der Waals surface area contributed by atoms with E-state index in [1.807, 2.05) is 30.3 Å².